The molecule has 0 spiro atoms. The van der Waals surface area contributed by atoms with Crippen LogP contribution in [0.1, 0.15) is 5.56 Å². The van der Waals surface area contributed by atoms with E-state index in [9.17, 15) is 18.0 Å². The third-order valence-corrected chi connectivity index (χ3v) is 8.20. The Morgan fingerprint density at radius 1 is 1.11 bits per heavy atom. The van der Waals surface area contributed by atoms with Crippen molar-refractivity contribution in [3.8, 4) is 5.82 Å². The molecule has 0 unspecified atom stereocenters. The number of pyridine rings is 2. The van der Waals surface area contributed by atoms with Crippen molar-refractivity contribution >= 4 is 61.1 Å². The summed E-state index contributed by atoms with van der Waals surface area (Å²) in [6.07, 6.45) is 3.08. The van der Waals surface area contributed by atoms with Gasteiger partial charge in [0, 0.05) is 30.9 Å². The van der Waals surface area contributed by atoms with Gasteiger partial charge >= 0.3 is 6.03 Å². The summed E-state index contributed by atoms with van der Waals surface area (Å²) in [6, 6.07) is 10.3. The number of carbonyl (C=O) groups excluding carboxylic acids is 1. The van der Waals surface area contributed by atoms with Crippen LogP contribution in [0.25, 0.3) is 16.6 Å². The Balaban J connectivity index is 1.60. The van der Waals surface area contributed by atoms with Crippen LogP contribution < -0.4 is 26.4 Å². The number of nitrogens with zero attached hydrogens (tertiary/aromatic N) is 3. The third-order valence-electron chi connectivity index (χ3n) is 5.15. The molecule has 4 rings (SSSR count). The summed E-state index contributed by atoms with van der Waals surface area (Å²) in [5, 5.41) is 3.77. The highest BCUT2D eigenvalue weighted by atomic mass is 35.5. The zero-order valence-corrected chi connectivity index (χ0v) is 22.5. The predicted octanol–water partition coefficient (Wildman–Crippen LogP) is 3.22. The lowest BCUT2D eigenvalue weighted by Crippen LogP contribution is -2.34. The smallest absolute Gasteiger partial charge is 0.322 e. The van der Waals surface area contributed by atoms with Gasteiger partial charge in [0.25, 0.3) is 15.6 Å². The summed E-state index contributed by atoms with van der Waals surface area (Å²) >= 11 is 6.61. The molecule has 3 aromatic heterocycles. The standard InChI is InChI=1S/C23H24ClN7O4S2/c1-25-28-15-4-6-17-18(10-15)14(12-30(2)3)13-31(22(17)32)20-8-5-16(11-26-20)27-23(33)29-37(34,35)21-9-7-19(24)36-21/h4-11,13,25,28H,12H2,1-3H3,(H2,27,29,33). The molecular weight excluding hydrogens is 538 g/mol. The van der Waals surface area contributed by atoms with Crippen molar-refractivity contribution in [3.05, 3.63) is 75.1 Å². The second kappa shape index (κ2) is 10.9. The van der Waals surface area contributed by atoms with Crippen LogP contribution in [0.5, 0.6) is 0 Å². The van der Waals surface area contributed by atoms with E-state index in [0.29, 0.717) is 17.7 Å². The van der Waals surface area contributed by atoms with Crippen molar-refractivity contribution in [3.63, 3.8) is 0 Å². The minimum absolute atomic E-state index is 0.0841. The molecule has 37 heavy (non-hydrogen) atoms. The fraction of sp³-hybridized carbons (Fsp3) is 0.174. The van der Waals surface area contributed by atoms with Crippen LogP contribution in [0.3, 0.4) is 0 Å². The monoisotopic (exact) mass is 561 g/mol. The molecule has 0 radical (unpaired) electrons. The summed E-state index contributed by atoms with van der Waals surface area (Å²) in [4.78, 5) is 31.9. The molecule has 194 valence electrons. The van der Waals surface area contributed by atoms with Crippen LogP contribution in [0, 0.1) is 0 Å². The number of sulfonamides is 1. The molecule has 0 saturated heterocycles. The van der Waals surface area contributed by atoms with E-state index in [1.54, 1.807) is 31.4 Å². The van der Waals surface area contributed by atoms with Crippen LogP contribution in [-0.4, -0.2) is 50.0 Å². The van der Waals surface area contributed by atoms with E-state index in [2.05, 4.69) is 21.2 Å². The summed E-state index contributed by atoms with van der Waals surface area (Å²) < 4.78 is 28.2. The maximum Gasteiger partial charge on any atom is 0.333 e. The van der Waals surface area contributed by atoms with Crippen LogP contribution in [0.2, 0.25) is 4.34 Å². The molecule has 0 fully saturated rings. The number of hydrogen-bond donors (Lipinski definition) is 4. The fourth-order valence-corrected chi connectivity index (χ4v) is 6.03. The molecule has 3 heterocycles. The van der Waals surface area contributed by atoms with Crippen molar-refractivity contribution in [2.45, 2.75) is 10.8 Å². The first kappa shape index (κ1) is 26.6. The van der Waals surface area contributed by atoms with Crippen LogP contribution >= 0.6 is 22.9 Å². The maximum absolute atomic E-state index is 13.3. The number of nitrogens with one attached hydrogen (secondary N) is 4. The number of urea groups is 1. The number of thiophene rings is 1. The van der Waals surface area contributed by atoms with Gasteiger partial charge in [-0.25, -0.2) is 28.3 Å². The van der Waals surface area contributed by atoms with Gasteiger partial charge in [-0.1, -0.05) is 11.6 Å². The van der Waals surface area contributed by atoms with Gasteiger partial charge in [0.05, 0.1) is 16.2 Å². The van der Waals surface area contributed by atoms with Gasteiger partial charge in [-0.15, -0.1) is 11.3 Å². The Morgan fingerprint density at radius 2 is 1.86 bits per heavy atom. The number of rotatable bonds is 8. The maximum atomic E-state index is 13.3. The molecule has 0 aliphatic heterocycles. The molecule has 14 heteroatoms. The molecule has 1 aromatic carbocycles. The molecule has 11 nitrogen and oxygen atoms in total. The topological polar surface area (TPSA) is 137 Å². The Morgan fingerprint density at radius 3 is 2.49 bits per heavy atom. The molecule has 4 aromatic rings. The minimum Gasteiger partial charge on any atom is -0.322 e. The van der Waals surface area contributed by atoms with Crippen LogP contribution in [0.15, 0.2) is 63.9 Å². The van der Waals surface area contributed by atoms with Crippen LogP contribution in [-0.2, 0) is 16.6 Å². The lowest BCUT2D eigenvalue weighted by atomic mass is 10.1. The first-order valence-corrected chi connectivity index (χ1v) is 13.6. The van der Waals surface area contributed by atoms with Crippen molar-refractivity contribution in [1.29, 1.82) is 0 Å². The number of halogens is 1. The van der Waals surface area contributed by atoms with Crippen molar-refractivity contribution in [2.24, 2.45) is 0 Å². The first-order valence-electron chi connectivity index (χ1n) is 10.9. The highest BCUT2D eigenvalue weighted by molar-refractivity contribution is 7.92. The number of carbonyl (C=O) groups is 1. The zero-order chi connectivity index (χ0) is 26.7. The molecule has 0 bridgehead atoms. The Kier molecular flexibility index (Phi) is 7.80. The molecule has 4 N–H and O–H groups in total. The van der Waals surface area contributed by atoms with E-state index in [-0.39, 0.29) is 19.8 Å². The van der Waals surface area contributed by atoms with E-state index in [0.717, 1.165) is 28.0 Å². The lowest BCUT2D eigenvalue weighted by molar-refractivity contribution is 0.256. The Hall–Kier alpha value is -3.49. The molecule has 2 amide bonds. The average molecular weight is 562 g/mol. The minimum atomic E-state index is -4.06. The fourth-order valence-electron chi connectivity index (χ4n) is 3.64. The number of amides is 2. The second-order valence-corrected chi connectivity index (χ2v) is 11.9. The highest BCUT2D eigenvalue weighted by Crippen LogP contribution is 2.25. The number of hydrogen-bond acceptors (Lipinski definition) is 9. The molecule has 0 aliphatic rings. The molecule has 0 aliphatic carbocycles. The van der Waals surface area contributed by atoms with Crippen molar-refractivity contribution in [2.75, 3.05) is 31.9 Å². The highest BCUT2D eigenvalue weighted by Gasteiger charge is 2.20. The summed E-state index contributed by atoms with van der Waals surface area (Å²) in [6.45, 7) is 0.587. The van der Waals surface area contributed by atoms with Crippen molar-refractivity contribution < 1.29 is 13.2 Å². The Bertz CT molecular complexity index is 1620. The summed E-state index contributed by atoms with van der Waals surface area (Å²) in [7, 11) is 1.57. The van der Waals surface area contributed by atoms with Crippen molar-refractivity contribution in [1.82, 2.24) is 24.6 Å². The van der Waals surface area contributed by atoms with E-state index in [4.69, 9.17) is 11.6 Å². The third kappa shape index (κ3) is 6.09. The van der Waals surface area contributed by atoms with E-state index >= 15 is 0 Å². The largest absolute Gasteiger partial charge is 0.333 e. The first-order chi connectivity index (χ1) is 17.6. The van der Waals surface area contributed by atoms with E-state index in [1.165, 1.54) is 29.0 Å². The second-order valence-electron chi connectivity index (χ2n) is 8.23. The normalized spacial score (nSPS) is 11.6. The SMILES string of the molecule is CNNc1ccc2c(=O)n(-c3ccc(NC(=O)NS(=O)(=O)c4ccc(Cl)s4)cn3)cc(CN(C)C)c2c1. The predicted molar refractivity (Wildman–Crippen MR) is 146 cm³/mol. The quantitative estimate of drug-likeness (QED) is 0.241. The van der Waals surface area contributed by atoms with Gasteiger partial charge in [0.2, 0.25) is 0 Å². The van der Waals surface area contributed by atoms with Gasteiger partial charge in [-0.05, 0) is 67.5 Å². The van der Waals surface area contributed by atoms with E-state index in [1.807, 2.05) is 29.8 Å². The number of aromatic nitrogens is 2. The van der Waals surface area contributed by atoms with Gasteiger partial charge in [-0.3, -0.25) is 9.36 Å². The lowest BCUT2D eigenvalue weighted by Gasteiger charge is -2.16. The molecule has 0 saturated carbocycles. The number of hydrazine groups is 1. The van der Waals surface area contributed by atoms with E-state index < -0.39 is 16.1 Å². The van der Waals surface area contributed by atoms with Gasteiger partial charge in [0.1, 0.15) is 10.0 Å². The summed E-state index contributed by atoms with van der Waals surface area (Å²) in [5.41, 5.74) is 7.63. The van der Waals surface area contributed by atoms with Crippen LogP contribution in [0.4, 0.5) is 16.2 Å². The zero-order valence-electron chi connectivity index (χ0n) is 20.1. The number of fused-ring (bicyclic) bond motifs is 1. The Labute approximate surface area is 222 Å². The average Bonchev–Trinajstić information content (AvgIpc) is 3.28. The number of anilines is 2. The molecular formula is C23H24ClN7O4S2. The number of benzene rings is 1. The van der Waals surface area contributed by atoms with Gasteiger partial charge in [-0.2, -0.15) is 0 Å². The van der Waals surface area contributed by atoms with Gasteiger partial charge < -0.3 is 15.6 Å². The van der Waals surface area contributed by atoms with Gasteiger partial charge in [0.15, 0.2) is 0 Å². The summed E-state index contributed by atoms with van der Waals surface area (Å²) in [5.74, 6) is 0.344. The molecule has 0 atom stereocenters.